The minimum Gasteiger partial charge on any atom is -0.493 e. The van der Waals surface area contributed by atoms with Gasteiger partial charge < -0.3 is 20.1 Å². The van der Waals surface area contributed by atoms with Gasteiger partial charge in [-0.1, -0.05) is 17.7 Å². The molecule has 1 heterocycles. The smallest absolute Gasteiger partial charge is 0.274 e. The molecule has 0 aliphatic carbocycles. The molecule has 3 rings (SSSR count). The summed E-state index contributed by atoms with van der Waals surface area (Å²) in [5, 5.41) is 6.44. The molecule has 0 aliphatic heterocycles. The van der Waals surface area contributed by atoms with Crippen LogP contribution in [0.1, 0.15) is 16.1 Å². The Morgan fingerprint density at radius 1 is 1.07 bits per heavy atom. The Hall–Kier alpha value is -3.32. The van der Waals surface area contributed by atoms with E-state index in [2.05, 4.69) is 20.6 Å². The summed E-state index contributed by atoms with van der Waals surface area (Å²) in [7, 11) is 3.12. The highest BCUT2D eigenvalue weighted by atomic mass is 35.5. The second-order valence-electron chi connectivity index (χ2n) is 5.83. The van der Waals surface area contributed by atoms with Crippen LogP contribution in [0.4, 0.5) is 17.3 Å². The van der Waals surface area contributed by atoms with E-state index in [1.807, 2.05) is 6.92 Å². The van der Waals surface area contributed by atoms with Crippen molar-refractivity contribution in [2.45, 2.75) is 6.92 Å². The highest BCUT2D eigenvalue weighted by Crippen LogP contribution is 2.30. The van der Waals surface area contributed by atoms with Gasteiger partial charge in [-0.3, -0.25) is 4.79 Å². The molecule has 8 heteroatoms. The number of nitrogens with one attached hydrogen (secondary N) is 2. The van der Waals surface area contributed by atoms with Crippen LogP contribution in [0.25, 0.3) is 0 Å². The van der Waals surface area contributed by atoms with Crippen LogP contribution in [-0.4, -0.2) is 30.1 Å². The van der Waals surface area contributed by atoms with Gasteiger partial charge in [-0.2, -0.15) is 0 Å². The van der Waals surface area contributed by atoms with E-state index < -0.39 is 0 Å². The maximum absolute atomic E-state index is 12.6. The summed E-state index contributed by atoms with van der Waals surface area (Å²) in [5.41, 5.74) is 2.33. The summed E-state index contributed by atoms with van der Waals surface area (Å²) in [6.07, 6.45) is 1.51. The molecule has 0 saturated carbocycles. The minimum absolute atomic E-state index is 0.220. The number of hydrogen-bond acceptors (Lipinski definition) is 6. The van der Waals surface area contributed by atoms with Crippen LogP contribution < -0.4 is 20.1 Å². The number of methoxy groups -OCH3 is 2. The summed E-state index contributed by atoms with van der Waals surface area (Å²) in [6.45, 7) is 1.84. The van der Waals surface area contributed by atoms with E-state index in [4.69, 9.17) is 21.1 Å². The van der Waals surface area contributed by atoms with Crippen LogP contribution in [0, 0.1) is 6.92 Å². The molecular weight excluding hydrogens is 380 g/mol. The second kappa shape index (κ2) is 8.58. The number of carbonyl (C=O) groups excluding carboxylic acids is 1. The maximum Gasteiger partial charge on any atom is 0.274 e. The number of nitrogens with zero attached hydrogens (tertiary/aromatic N) is 2. The lowest BCUT2D eigenvalue weighted by Crippen LogP contribution is -2.15. The number of hydrogen-bond donors (Lipinski definition) is 2. The Morgan fingerprint density at radius 2 is 1.86 bits per heavy atom. The third-order valence-corrected chi connectivity index (χ3v) is 4.45. The second-order valence-corrected chi connectivity index (χ2v) is 6.23. The van der Waals surface area contributed by atoms with Gasteiger partial charge >= 0.3 is 0 Å². The van der Waals surface area contributed by atoms with Gasteiger partial charge in [0.15, 0.2) is 11.5 Å². The zero-order chi connectivity index (χ0) is 20.1. The SMILES string of the molecule is COc1ccc(Nc2nccc(C(=O)Nc3cccc(Cl)c3C)n2)cc1OC. The fourth-order valence-electron chi connectivity index (χ4n) is 2.52. The Bertz CT molecular complexity index is 1010. The van der Waals surface area contributed by atoms with Crippen molar-refractivity contribution in [2.24, 2.45) is 0 Å². The van der Waals surface area contributed by atoms with E-state index in [1.54, 1.807) is 50.6 Å². The highest BCUT2D eigenvalue weighted by Gasteiger charge is 2.12. The zero-order valence-corrected chi connectivity index (χ0v) is 16.4. The Morgan fingerprint density at radius 3 is 2.61 bits per heavy atom. The van der Waals surface area contributed by atoms with Crippen LogP contribution in [0.15, 0.2) is 48.7 Å². The molecule has 28 heavy (non-hydrogen) atoms. The van der Waals surface area contributed by atoms with Gasteiger partial charge in [0.25, 0.3) is 5.91 Å². The molecule has 1 amide bonds. The third kappa shape index (κ3) is 4.32. The lowest BCUT2D eigenvalue weighted by atomic mass is 10.2. The molecular formula is C20H19ClN4O3. The molecule has 3 aromatic rings. The predicted octanol–water partition coefficient (Wildman–Crippen LogP) is 4.45. The van der Waals surface area contributed by atoms with E-state index in [-0.39, 0.29) is 17.5 Å². The summed E-state index contributed by atoms with van der Waals surface area (Å²) in [6, 6.07) is 12.2. The van der Waals surface area contributed by atoms with E-state index in [0.717, 1.165) is 5.56 Å². The summed E-state index contributed by atoms with van der Waals surface area (Å²) < 4.78 is 10.5. The minimum atomic E-state index is -0.358. The van der Waals surface area contributed by atoms with Crippen LogP contribution in [0.2, 0.25) is 5.02 Å². The van der Waals surface area contributed by atoms with Crippen LogP contribution in [0.5, 0.6) is 11.5 Å². The van der Waals surface area contributed by atoms with Gasteiger partial charge in [-0.25, -0.2) is 9.97 Å². The monoisotopic (exact) mass is 398 g/mol. The molecule has 2 N–H and O–H groups in total. The normalized spacial score (nSPS) is 10.3. The number of rotatable bonds is 6. The number of amides is 1. The molecule has 7 nitrogen and oxygen atoms in total. The lowest BCUT2D eigenvalue weighted by Gasteiger charge is -2.11. The van der Waals surface area contributed by atoms with E-state index >= 15 is 0 Å². The van der Waals surface area contributed by atoms with Crippen LogP contribution in [0.3, 0.4) is 0 Å². The topological polar surface area (TPSA) is 85.4 Å². The fourth-order valence-corrected chi connectivity index (χ4v) is 2.69. The summed E-state index contributed by atoms with van der Waals surface area (Å²) in [4.78, 5) is 21.0. The molecule has 0 bridgehead atoms. The maximum atomic E-state index is 12.6. The van der Waals surface area contributed by atoms with Crippen molar-refractivity contribution in [3.63, 3.8) is 0 Å². The van der Waals surface area contributed by atoms with Crippen molar-refractivity contribution < 1.29 is 14.3 Å². The van der Waals surface area contributed by atoms with Gasteiger partial charge in [-0.15, -0.1) is 0 Å². The first kappa shape index (κ1) is 19.4. The molecule has 144 valence electrons. The molecule has 0 aliphatic rings. The molecule has 0 unspecified atom stereocenters. The predicted molar refractivity (Wildman–Crippen MR) is 109 cm³/mol. The highest BCUT2D eigenvalue weighted by molar-refractivity contribution is 6.31. The Kier molecular flexibility index (Phi) is 5.96. The standard InChI is InChI=1S/C20H19ClN4O3/c1-12-14(21)5-4-6-15(12)24-19(26)16-9-10-22-20(25-16)23-13-7-8-17(27-2)18(11-13)28-3/h4-11H,1-3H3,(H,24,26)(H,22,23,25). The van der Waals surface area contributed by atoms with Crippen molar-refractivity contribution in [1.29, 1.82) is 0 Å². The van der Waals surface area contributed by atoms with Gasteiger partial charge in [0.2, 0.25) is 5.95 Å². The molecule has 2 aromatic carbocycles. The number of benzene rings is 2. The zero-order valence-electron chi connectivity index (χ0n) is 15.6. The van der Waals surface area contributed by atoms with Gasteiger partial charge in [0, 0.05) is 28.7 Å². The van der Waals surface area contributed by atoms with Crippen molar-refractivity contribution in [3.05, 3.63) is 64.9 Å². The molecule has 0 radical (unpaired) electrons. The molecule has 0 atom stereocenters. The Labute approximate surface area is 167 Å². The fraction of sp³-hybridized carbons (Fsp3) is 0.150. The molecule has 1 aromatic heterocycles. The lowest BCUT2D eigenvalue weighted by molar-refractivity contribution is 0.102. The Balaban J connectivity index is 1.78. The van der Waals surface area contributed by atoms with Crippen molar-refractivity contribution in [2.75, 3.05) is 24.9 Å². The van der Waals surface area contributed by atoms with E-state index in [1.165, 1.54) is 12.3 Å². The molecule has 0 spiro atoms. The first-order valence-electron chi connectivity index (χ1n) is 8.40. The van der Waals surface area contributed by atoms with Crippen molar-refractivity contribution in [3.8, 4) is 11.5 Å². The quantitative estimate of drug-likeness (QED) is 0.638. The van der Waals surface area contributed by atoms with Crippen molar-refractivity contribution >= 4 is 34.8 Å². The molecule has 0 fully saturated rings. The van der Waals surface area contributed by atoms with Crippen LogP contribution >= 0.6 is 11.6 Å². The number of halogens is 1. The third-order valence-electron chi connectivity index (χ3n) is 4.04. The first-order chi connectivity index (χ1) is 13.5. The molecule has 0 saturated heterocycles. The average molecular weight is 399 g/mol. The summed E-state index contributed by atoms with van der Waals surface area (Å²) in [5.74, 6) is 1.10. The number of carbonyl (C=O) groups is 1. The van der Waals surface area contributed by atoms with Gasteiger partial charge in [0.05, 0.1) is 14.2 Å². The van der Waals surface area contributed by atoms with Crippen LogP contribution in [-0.2, 0) is 0 Å². The largest absolute Gasteiger partial charge is 0.493 e. The average Bonchev–Trinajstić information content (AvgIpc) is 2.71. The number of aromatic nitrogens is 2. The number of ether oxygens (including phenoxy) is 2. The van der Waals surface area contributed by atoms with E-state index in [0.29, 0.717) is 27.9 Å². The van der Waals surface area contributed by atoms with E-state index in [9.17, 15) is 4.79 Å². The number of anilines is 3. The van der Waals surface area contributed by atoms with Gasteiger partial charge in [-0.05, 0) is 42.8 Å². The summed E-state index contributed by atoms with van der Waals surface area (Å²) >= 11 is 6.10. The van der Waals surface area contributed by atoms with Gasteiger partial charge in [0.1, 0.15) is 5.69 Å². The first-order valence-corrected chi connectivity index (χ1v) is 8.78. The van der Waals surface area contributed by atoms with Crippen molar-refractivity contribution in [1.82, 2.24) is 9.97 Å².